The van der Waals surface area contributed by atoms with E-state index in [1.807, 2.05) is 0 Å². The molecule has 0 aliphatic rings. The number of carbonyl (C=O) groups is 6. The first-order valence-electron chi connectivity index (χ1n) is 11.9. The van der Waals surface area contributed by atoms with Crippen LogP contribution in [0.5, 0.6) is 0 Å². The van der Waals surface area contributed by atoms with Crippen molar-refractivity contribution in [3.05, 3.63) is 0 Å². The lowest BCUT2D eigenvalue weighted by Gasteiger charge is -2.24. The lowest BCUT2D eigenvalue weighted by Crippen LogP contribution is -2.57. The minimum atomic E-state index is -1.66. The van der Waals surface area contributed by atoms with Crippen molar-refractivity contribution >= 4 is 41.5 Å². The first-order valence-corrected chi connectivity index (χ1v) is 11.9. The highest BCUT2D eigenvalue weighted by Gasteiger charge is 2.31. The zero-order valence-corrected chi connectivity index (χ0v) is 21.1. The van der Waals surface area contributed by atoms with Crippen LogP contribution in [0.3, 0.4) is 0 Å². The average molecular weight is 546 g/mol. The molecule has 0 aliphatic carbocycles. The second-order valence-corrected chi connectivity index (χ2v) is 8.46. The van der Waals surface area contributed by atoms with Crippen molar-refractivity contribution in [2.24, 2.45) is 33.7 Å². The number of carboxylic acid groups (broad SMARTS) is 2. The third kappa shape index (κ3) is 15.2. The Labute approximate surface area is 219 Å². The number of hydrogen-bond donors (Lipinski definition) is 10. The molecule has 17 heteroatoms. The second-order valence-electron chi connectivity index (χ2n) is 8.46. The fraction of sp³-hybridized carbons (Fsp3) is 0.667. The Morgan fingerprint density at radius 2 is 1.29 bits per heavy atom. The molecule has 4 unspecified atom stereocenters. The number of carboxylic acids is 2. The number of primary amides is 1. The molecule has 0 heterocycles. The van der Waals surface area contributed by atoms with Crippen LogP contribution in [0, 0.1) is 0 Å². The highest BCUT2D eigenvalue weighted by molar-refractivity contribution is 5.95. The van der Waals surface area contributed by atoms with Gasteiger partial charge in [0.15, 0.2) is 5.96 Å². The lowest BCUT2D eigenvalue weighted by molar-refractivity contribution is -0.143. The molecule has 0 aliphatic heterocycles. The number of unbranched alkanes of at least 4 members (excludes halogenated alkanes) is 1. The van der Waals surface area contributed by atoms with Gasteiger partial charge in [-0.3, -0.25) is 29.0 Å². The van der Waals surface area contributed by atoms with Crippen molar-refractivity contribution in [3.8, 4) is 0 Å². The zero-order valence-electron chi connectivity index (χ0n) is 21.1. The molecule has 0 spiro atoms. The molecule has 0 aromatic heterocycles. The summed E-state index contributed by atoms with van der Waals surface area (Å²) in [6.07, 6.45) is 0.0204. The fourth-order valence-electron chi connectivity index (χ4n) is 3.16. The SMILES string of the molecule is NCCCCC(NC(=O)C(N)CCC(N)=O)C(=O)NC(CC(=O)O)C(=O)NC(CCCN=C(N)N)C(=O)O. The van der Waals surface area contributed by atoms with Crippen LogP contribution < -0.4 is 44.6 Å². The highest BCUT2D eigenvalue weighted by atomic mass is 16.4. The smallest absolute Gasteiger partial charge is 0.326 e. The summed E-state index contributed by atoms with van der Waals surface area (Å²) < 4.78 is 0. The van der Waals surface area contributed by atoms with Crippen LogP contribution in [0.4, 0.5) is 0 Å². The summed E-state index contributed by atoms with van der Waals surface area (Å²) in [5.74, 6) is -6.39. The summed E-state index contributed by atoms with van der Waals surface area (Å²) in [6.45, 7) is 0.410. The van der Waals surface area contributed by atoms with Gasteiger partial charge >= 0.3 is 11.9 Å². The van der Waals surface area contributed by atoms with Gasteiger partial charge in [0.05, 0.1) is 12.5 Å². The van der Waals surface area contributed by atoms with Gasteiger partial charge in [0.1, 0.15) is 18.1 Å². The Balaban J connectivity index is 5.50. The van der Waals surface area contributed by atoms with E-state index in [1.54, 1.807) is 0 Å². The van der Waals surface area contributed by atoms with Crippen molar-refractivity contribution in [2.45, 2.75) is 75.5 Å². The first-order chi connectivity index (χ1) is 17.8. The van der Waals surface area contributed by atoms with E-state index in [4.69, 9.17) is 28.7 Å². The van der Waals surface area contributed by atoms with Gasteiger partial charge in [0.25, 0.3) is 0 Å². The number of nitrogens with one attached hydrogen (secondary N) is 3. The van der Waals surface area contributed by atoms with Crippen molar-refractivity contribution in [2.75, 3.05) is 13.1 Å². The van der Waals surface area contributed by atoms with E-state index < -0.39 is 66.2 Å². The normalized spacial score (nSPS) is 13.7. The van der Waals surface area contributed by atoms with Crippen LogP contribution in [0.25, 0.3) is 0 Å². The van der Waals surface area contributed by atoms with Gasteiger partial charge in [-0.15, -0.1) is 0 Å². The number of amides is 4. The molecule has 0 saturated heterocycles. The summed E-state index contributed by atoms with van der Waals surface area (Å²) in [6, 6.07) is -5.43. The molecule has 15 N–H and O–H groups in total. The van der Waals surface area contributed by atoms with E-state index in [2.05, 4.69) is 20.9 Å². The third-order valence-electron chi connectivity index (χ3n) is 5.19. The van der Waals surface area contributed by atoms with E-state index in [-0.39, 0.29) is 44.6 Å². The van der Waals surface area contributed by atoms with Crippen LogP contribution in [-0.4, -0.2) is 89.0 Å². The molecule has 0 fully saturated rings. The van der Waals surface area contributed by atoms with Crippen LogP contribution >= 0.6 is 0 Å². The van der Waals surface area contributed by atoms with E-state index in [0.717, 1.165) is 0 Å². The van der Waals surface area contributed by atoms with Crippen molar-refractivity contribution in [3.63, 3.8) is 0 Å². The molecule has 38 heavy (non-hydrogen) atoms. The van der Waals surface area contributed by atoms with Gasteiger partial charge in [0.2, 0.25) is 23.6 Å². The second kappa shape index (κ2) is 18.3. The highest BCUT2D eigenvalue weighted by Crippen LogP contribution is 2.06. The van der Waals surface area contributed by atoms with Gasteiger partial charge in [-0.25, -0.2) is 4.79 Å². The van der Waals surface area contributed by atoms with Crippen molar-refractivity contribution < 1.29 is 39.0 Å². The molecule has 216 valence electrons. The maximum atomic E-state index is 13.0. The standard InChI is InChI=1S/C21H39N9O8/c22-8-2-1-4-12(28-17(34)11(23)6-7-15(24)31)18(35)30-14(10-16(32)33)19(36)29-13(20(37)38)5-3-9-27-21(25)26/h11-14H,1-10,22-23H2,(H2,24,31)(H,28,34)(H,29,36)(H,30,35)(H,32,33)(H,37,38)(H4,25,26,27). The summed E-state index contributed by atoms with van der Waals surface area (Å²) in [7, 11) is 0. The molecule has 0 rings (SSSR count). The predicted octanol–water partition coefficient (Wildman–Crippen LogP) is -4.22. The fourth-order valence-corrected chi connectivity index (χ4v) is 3.16. The first kappa shape index (κ1) is 34.0. The molecule has 0 bridgehead atoms. The average Bonchev–Trinajstić information content (AvgIpc) is 2.82. The number of aliphatic carboxylic acids is 2. The van der Waals surface area contributed by atoms with Gasteiger partial charge in [0, 0.05) is 13.0 Å². The van der Waals surface area contributed by atoms with Gasteiger partial charge in [-0.1, -0.05) is 0 Å². The molecule has 4 amide bonds. The van der Waals surface area contributed by atoms with Gasteiger partial charge < -0.3 is 54.8 Å². The summed E-state index contributed by atoms with van der Waals surface area (Å²) in [5.41, 5.74) is 26.7. The molecular formula is C21H39N9O8. The van der Waals surface area contributed by atoms with E-state index >= 15 is 0 Å². The Hall–Kier alpha value is -3.99. The number of rotatable bonds is 20. The van der Waals surface area contributed by atoms with Crippen LogP contribution in [0.15, 0.2) is 4.99 Å². The quantitative estimate of drug-likeness (QED) is 0.0395. The number of hydrogen-bond acceptors (Lipinski definition) is 9. The number of nitrogens with zero attached hydrogens (tertiary/aromatic N) is 1. The molecular weight excluding hydrogens is 506 g/mol. The van der Waals surface area contributed by atoms with Crippen LogP contribution in [0.1, 0.15) is 51.4 Å². The summed E-state index contributed by atoms with van der Waals surface area (Å²) >= 11 is 0. The summed E-state index contributed by atoms with van der Waals surface area (Å²) in [4.78, 5) is 75.7. The molecule has 0 saturated carbocycles. The molecule has 0 aromatic carbocycles. The monoisotopic (exact) mass is 545 g/mol. The predicted molar refractivity (Wildman–Crippen MR) is 135 cm³/mol. The number of guanidine groups is 1. The van der Waals surface area contributed by atoms with Gasteiger partial charge in [-0.2, -0.15) is 0 Å². The Morgan fingerprint density at radius 3 is 1.82 bits per heavy atom. The topological polar surface area (TPSA) is 321 Å². The Bertz CT molecular complexity index is 864. The van der Waals surface area contributed by atoms with Crippen LogP contribution in [0.2, 0.25) is 0 Å². The van der Waals surface area contributed by atoms with Crippen LogP contribution in [-0.2, 0) is 28.8 Å². The molecule has 17 nitrogen and oxygen atoms in total. The Morgan fingerprint density at radius 1 is 0.737 bits per heavy atom. The minimum absolute atomic E-state index is 0.0673. The number of aliphatic imine (C=N–C) groups is 1. The number of nitrogens with two attached hydrogens (primary N) is 5. The van der Waals surface area contributed by atoms with Gasteiger partial charge in [-0.05, 0) is 45.1 Å². The third-order valence-corrected chi connectivity index (χ3v) is 5.19. The molecule has 4 atom stereocenters. The maximum Gasteiger partial charge on any atom is 0.326 e. The molecule has 0 aromatic rings. The minimum Gasteiger partial charge on any atom is -0.481 e. The van der Waals surface area contributed by atoms with Crippen molar-refractivity contribution in [1.29, 1.82) is 0 Å². The van der Waals surface area contributed by atoms with E-state index in [1.165, 1.54) is 0 Å². The number of carbonyl (C=O) groups excluding carboxylic acids is 4. The largest absolute Gasteiger partial charge is 0.481 e. The summed E-state index contributed by atoms with van der Waals surface area (Å²) in [5, 5.41) is 25.5. The molecule has 0 radical (unpaired) electrons. The maximum absolute atomic E-state index is 13.0. The lowest BCUT2D eigenvalue weighted by atomic mass is 10.0. The van der Waals surface area contributed by atoms with E-state index in [0.29, 0.717) is 19.4 Å². The Kier molecular flexibility index (Phi) is 16.4. The van der Waals surface area contributed by atoms with Crippen molar-refractivity contribution in [1.82, 2.24) is 16.0 Å². The van der Waals surface area contributed by atoms with E-state index in [9.17, 15) is 39.0 Å². The zero-order chi connectivity index (χ0) is 29.3.